The Kier molecular flexibility index (Phi) is 15.8. The predicted octanol–water partition coefficient (Wildman–Crippen LogP) is 7.38. The van der Waals surface area contributed by atoms with E-state index in [0.717, 1.165) is 29.2 Å². The Balaban J connectivity index is 0.000000232. The van der Waals surface area contributed by atoms with Gasteiger partial charge >= 0.3 is 11.9 Å². The number of carbonyl (C=O) groups is 4. The van der Waals surface area contributed by atoms with Crippen molar-refractivity contribution in [2.24, 2.45) is 0 Å². The van der Waals surface area contributed by atoms with Crippen LogP contribution in [0, 0.1) is 0 Å². The standard InChI is InChI=1S/C21H26ClNO.C16H14O3.C4H4O4/c1-21(17-7-4-3-5-8-17,18-10-12-19(22)13-11-18)24-16-14-20-9-6-15-23(20)2;1-3-12(11-7-5-4-6-8-11)13-9-15(18)16(19-2)10-14(13)17;5-3(6)1-2-4(7)8/h3-5,7-8,10-13,20H,6,9,14-16H2,1-2H3;3-10,12H,1H2,2H3;1-2H,(H,5,6)(H,7,8). The maximum absolute atomic E-state index is 12.1. The first-order valence-corrected chi connectivity index (χ1v) is 16.8. The molecule has 1 aliphatic carbocycles. The first kappa shape index (κ1) is 40.3. The lowest BCUT2D eigenvalue weighted by atomic mass is 9.85. The molecule has 0 radical (unpaired) electrons. The van der Waals surface area contributed by atoms with Crippen LogP contribution in [0.4, 0.5) is 0 Å². The number of likely N-dealkylation sites (tertiary alicyclic amines) is 1. The van der Waals surface area contributed by atoms with Crippen molar-refractivity contribution in [1.82, 2.24) is 4.90 Å². The number of carboxylic acids is 2. The maximum Gasteiger partial charge on any atom is 0.328 e. The van der Waals surface area contributed by atoms with Crippen molar-refractivity contribution in [2.45, 2.75) is 43.7 Å². The van der Waals surface area contributed by atoms with Gasteiger partial charge in [0.2, 0.25) is 5.78 Å². The lowest BCUT2D eigenvalue weighted by Crippen LogP contribution is -2.31. The van der Waals surface area contributed by atoms with E-state index < -0.39 is 17.5 Å². The number of hydrogen-bond acceptors (Lipinski definition) is 7. The van der Waals surface area contributed by atoms with Crippen molar-refractivity contribution >= 4 is 35.1 Å². The molecule has 0 aromatic heterocycles. The summed E-state index contributed by atoms with van der Waals surface area (Å²) in [6, 6.07) is 28.6. The number of carboxylic acid groups (broad SMARTS) is 2. The minimum atomic E-state index is -1.26. The van der Waals surface area contributed by atoms with Crippen molar-refractivity contribution in [3.8, 4) is 0 Å². The van der Waals surface area contributed by atoms with Crippen LogP contribution in [0.1, 0.15) is 48.8 Å². The van der Waals surface area contributed by atoms with Crippen molar-refractivity contribution < 1.29 is 38.9 Å². The first-order chi connectivity index (χ1) is 24.4. The molecule has 268 valence electrons. The van der Waals surface area contributed by atoms with E-state index in [1.165, 1.54) is 44.2 Å². The smallest absolute Gasteiger partial charge is 0.328 e. The third-order valence-electron chi connectivity index (χ3n) is 8.63. The summed E-state index contributed by atoms with van der Waals surface area (Å²) in [4.78, 5) is 45.4. The minimum Gasteiger partial charge on any atom is -0.493 e. The van der Waals surface area contributed by atoms with Gasteiger partial charge in [0, 0.05) is 47.4 Å². The molecule has 3 aromatic rings. The second-order valence-corrected chi connectivity index (χ2v) is 12.4. The highest BCUT2D eigenvalue weighted by atomic mass is 35.5. The summed E-state index contributed by atoms with van der Waals surface area (Å²) in [5.41, 5.74) is 3.21. The zero-order valence-corrected chi connectivity index (χ0v) is 29.8. The number of methoxy groups -OCH3 is 1. The largest absolute Gasteiger partial charge is 0.493 e. The molecule has 0 spiro atoms. The van der Waals surface area contributed by atoms with Gasteiger partial charge in [-0.05, 0) is 74.7 Å². The van der Waals surface area contributed by atoms with Crippen LogP contribution in [0.15, 0.2) is 133 Å². The molecule has 0 saturated carbocycles. The Morgan fingerprint density at radius 1 is 0.922 bits per heavy atom. The van der Waals surface area contributed by atoms with Crippen molar-refractivity contribution in [3.05, 3.63) is 155 Å². The van der Waals surface area contributed by atoms with Crippen molar-refractivity contribution in [3.63, 3.8) is 0 Å². The molecule has 1 aliphatic heterocycles. The fourth-order valence-electron chi connectivity index (χ4n) is 5.81. The number of nitrogens with zero attached hydrogens (tertiary/aromatic N) is 1. The van der Waals surface area contributed by atoms with E-state index >= 15 is 0 Å². The lowest BCUT2D eigenvalue weighted by molar-refractivity contribution is -0.134. The summed E-state index contributed by atoms with van der Waals surface area (Å²) in [6.45, 7) is 7.87. The van der Waals surface area contributed by atoms with Crippen LogP contribution in [-0.2, 0) is 34.3 Å². The quantitative estimate of drug-likeness (QED) is 0.112. The van der Waals surface area contributed by atoms with E-state index in [-0.39, 0.29) is 23.2 Å². The summed E-state index contributed by atoms with van der Waals surface area (Å²) in [6.07, 6.45) is 9.00. The van der Waals surface area contributed by atoms with Crippen molar-refractivity contribution in [2.75, 3.05) is 27.3 Å². The molecule has 2 aliphatic rings. The van der Waals surface area contributed by atoms with Gasteiger partial charge in [-0.15, -0.1) is 6.58 Å². The third kappa shape index (κ3) is 12.0. The Labute approximate surface area is 304 Å². The van der Waals surface area contributed by atoms with Gasteiger partial charge in [0.15, 0.2) is 11.5 Å². The average Bonchev–Trinajstić information content (AvgIpc) is 3.54. The lowest BCUT2D eigenvalue weighted by Gasteiger charge is -2.32. The van der Waals surface area contributed by atoms with E-state index in [1.54, 1.807) is 6.08 Å². The number of rotatable bonds is 12. The molecule has 2 N–H and O–H groups in total. The van der Waals surface area contributed by atoms with Gasteiger partial charge in [-0.1, -0.05) is 90.5 Å². The number of halogens is 1. The van der Waals surface area contributed by atoms with E-state index in [9.17, 15) is 19.2 Å². The van der Waals surface area contributed by atoms with Crippen LogP contribution >= 0.6 is 11.6 Å². The zero-order valence-electron chi connectivity index (χ0n) is 29.0. The van der Waals surface area contributed by atoms with E-state index in [4.69, 9.17) is 31.3 Å². The van der Waals surface area contributed by atoms with Crippen LogP contribution in [-0.4, -0.2) is 72.0 Å². The molecular formula is C41H44ClNO8. The van der Waals surface area contributed by atoms with Gasteiger partial charge in [0.1, 0.15) is 5.60 Å². The molecule has 3 aromatic carbocycles. The fourth-order valence-corrected chi connectivity index (χ4v) is 5.93. The van der Waals surface area contributed by atoms with Gasteiger partial charge in [-0.2, -0.15) is 0 Å². The Hall–Kier alpha value is -5.09. The molecule has 10 heteroatoms. The number of carbonyl (C=O) groups excluding carboxylic acids is 2. The number of ether oxygens (including phenoxy) is 2. The number of ketones is 2. The topological polar surface area (TPSA) is 130 Å². The zero-order chi connectivity index (χ0) is 37.4. The Morgan fingerprint density at radius 2 is 1.49 bits per heavy atom. The van der Waals surface area contributed by atoms with Crippen molar-refractivity contribution in [1.29, 1.82) is 0 Å². The highest BCUT2D eigenvalue weighted by molar-refractivity contribution is 6.30. The highest BCUT2D eigenvalue weighted by Gasteiger charge is 2.31. The number of benzene rings is 3. The van der Waals surface area contributed by atoms with Gasteiger partial charge in [-0.3, -0.25) is 9.59 Å². The molecule has 51 heavy (non-hydrogen) atoms. The molecule has 1 fully saturated rings. The number of allylic oxidation sites excluding steroid dienone is 4. The molecular weight excluding hydrogens is 670 g/mol. The summed E-state index contributed by atoms with van der Waals surface area (Å²) < 4.78 is 11.3. The molecule has 0 amide bonds. The van der Waals surface area contributed by atoms with E-state index in [2.05, 4.69) is 61.8 Å². The minimum absolute atomic E-state index is 0.0737. The van der Waals surface area contributed by atoms with Crippen LogP contribution in [0.3, 0.4) is 0 Å². The third-order valence-corrected chi connectivity index (χ3v) is 8.88. The fraction of sp³-hybridized carbons (Fsp3) is 0.268. The summed E-state index contributed by atoms with van der Waals surface area (Å²) in [5, 5.41) is 16.4. The van der Waals surface area contributed by atoms with Gasteiger partial charge in [-0.25, -0.2) is 9.59 Å². The van der Waals surface area contributed by atoms with Crippen LogP contribution in [0.2, 0.25) is 5.02 Å². The predicted molar refractivity (Wildman–Crippen MR) is 198 cm³/mol. The van der Waals surface area contributed by atoms with Gasteiger partial charge < -0.3 is 24.6 Å². The first-order valence-electron chi connectivity index (χ1n) is 16.4. The molecule has 1 heterocycles. The SMILES string of the molecule is C=CC(C1=CC(=O)C(OC)=CC1=O)c1ccccc1.CN1CCCC1CCOC(C)(c1ccccc1)c1ccc(Cl)cc1.O=C(O)C=CC(=O)O. The molecule has 3 atom stereocenters. The Morgan fingerprint density at radius 3 is 2.00 bits per heavy atom. The Bertz CT molecular complexity index is 1720. The average molecular weight is 714 g/mol. The number of aliphatic carboxylic acids is 2. The van der Waals surface area contributed by atoms with Crippen LogP contribution < -0.4 is 0 Å². The second-order valence-electron chi connectivity index (χ2n) is 12.0. The molecule has 5 rings (SSSR count). The highest BCUT2D eigenvalue weighted by Crippen LogP contribution is 2.35. The second kappa shape index (κ2) is 19.9. The van der Waals surface area contributed by atoms with Gasteiger partial charge in [0.05, 0.1) is 7.11 Å². The molecule has 9 nitrogen and oxygen atoms in total. The van der Waals surface area contributed by atoms with Gasteiger partial charge in [0.25, 0.3) is 0 Å². The monoisotopic (exact) mass is 713 g/mol. The maximum atomic E-state index is 12.1. The molecule has 1 saturated heterocycles. The summed E-state index contributed by atoms with van der Waals surface area (Å²) in [7, 11) is 3.59. The van der Waals surface area contributed by atoms with Crippen LogP contribution in [0.25, 0.3) is 0 Å². The summed E-state index contributed by atoms with van der Waals surface area (Å²) >= 11 is 6.07. The van der Waals surface area contributed by atoms with E-state index in [1.807, 2.05) is 48.5 Å². The molecule has 0 bridgehead atoms. The summed E-state index contributed by atoms with van der Waals surface area (Å²) in [5.74, 6) is -3.23. The van der Waals surface area contributed by atoms with Crippen LogP contribution in [0.5, 0.6) is 0 Å². The van der Waals surface area contributed by atoms with E-state index in [0.29, 0.717) is 23.8 Å². The molecule has 3 unspecified atom stereocenters. The normalized spacial score (nSPS) is 17.5. The number of hydrogen-bond donors (Lipinski definition) is 2.